The Labute approximate surface area is 270 Å². The van der Waals surface area contributed by atoms with Crippen molar-refractivity contribution >= 4 is 33.3 Å². The van der Waals surface area contributed by atoms with Crippen molar-refractivity contribution in [1.82, 2.24) is 14.9 Å². The number of esters is 1. The predicted octanol–water partition coefficient (Wildman–Crippen LogP) is 7.22. The van der Waals surface area contributed by atoms with Gasteiger partial charge in [0, 0.05) is 70.5 Å². The Morgan fingerprint density at radius 3 is 2.39 bits per heavy atom. The molecule has 7 nitrogen and oxygen atoms in total. The summed E-state index contributed by atoms with van der Waals surface area (Å²) in [6.07, 6.45) is 9.30. The maximum atomic E-state index is 14.3. The first-order valence-electron chi connectivity index (χ1n) is 16.9. The van der Waals surface area contributed by atoms with E-state index in [1.54, 1.807) is 7.05 Å². The molecule has 238 valence electrons. The van der Waals surface area contributed by atoms with Crippen molar-refractivity contribution in [1.29, 1.82) is 0 Å². The van der Waals surface area contributed by atoms with Gasteiger partial charge in [0.15, 0.2) is 0 Å². The average Bonchev–Trinajstić information content (AvgIpc) is 3.59. The number of H-pyrrole nitrogens is 2. The lowest BCUT2D eigenvalue weighted by molar-refractivity contribution is -0.890. The highest BCUT2D eigenvalue weighted by molar-refractivity contribution is 5.91. The van der Waals surface area contributed by atoms with Gasteiger partial charge in [-0.15, -0.1) is 0 Å². The number of aromatic amines is 2. The Balaban J connectivity index is 1.39. The highest BCUT2D eigenvalue weighted by atomic mass is 16.5. The Bertz CT molecular complexity index is 1940. The van der Waals surface area contributed by atoms with Crippen LogP contribution in [0.1, 0.15) is 55.1 Å². The molecular formula is C39H44N4O3. The van der Waals surface area contributed by atoms with Crippen molar-refractivity contribution in [3.05, 3.63) is 106 Å². The molecule has 0 spiro atoms. The van der Waals surface area contributed by atoms with Crippen molar-refractivity contribution < 1.29 is 14.2 Å². The number of fused-ring (bicyclic) bond motifs is 8. The lowest BCUT2D eigenvalue weighted by atomic mass is 9.67. The van der Waals surface area contributed by atoms with Crippen LogP contribution < -0.4 is 0 Å². The first-order valence-corrected chi connectivity index (χ1v) is 16.9. The van der Waals surface area contributed by atoms with Crippen molar-refractivity contribution in [3.8, 4) is 0 Å². The number of nitrogens with zero attached hydrogens (tertiary/aromatic N) is 2. The van der Waals surface area contributed by atoms with Gasteiger partial charge in [-0.3, -0.25) is 9.69 Å². The summed E-state index contributed by atoms with van der Waals surface area (Å²) in [6.45, 7) is 7.56. The molecule has 46 heavy (non-hydrogen) atoms. The molecular weight excluding hydrogens is 572 g/mol. The van der Waals surface area contributed by atoms with Crippen molar-refractivity contribution in [2.75, 3.05) is 33.8 Å². The van der Waals surface area contributed by atoms with E-state index in [2.05, 4.69) is 88.6 Å². The second-order valence-electron chi connectivity index (χ2n) is 14.1. The second-order valence-corrected chi connectivity index (χ2v) is 14.1. The number of aromatic nitrogens is 2. The van der Waals surface area contributed by atoms with E-state index in [-0.39, 0.29) is 17.8 Å². The van der Waals surface area contributed by atoms with E-state index in [0.717, 1.165) is 49.0 Å². The number of piperidine rings is 2. The van der Waals surface area contributed by atoms with Gasteiger partial charge < -0.3 is 24.6 Å². The highest BCUT2D eigenvalue weighted by Gasteiger charge is 2.52. The van der Waals surface area contributed by atoms with Crippen LogP contribution in [0.2, 0.25) is 0 Å². The number of nitrogens with one attached hydrogen (secondary N) is 2. The van der Waals surface area contributed by atoms with Gasteiger partial charge in [0.2, 0.25) is 0 Å². The number of likely N-dealkylation sites (N-methyl/N-ethyl adjacent to an activating group) is 1. The predicted molar refractivity (Wildman–Crippen MR) is 184 cm³/mol. The summed E-state index contributed by atoms with van der Waals surface area (Å²) in [7, 11) is 3.21. The third-order valence-corrected chi connectivity index (χ3v) is 11.7. The van der Waals surface area contributed by atoms with E-state index in [4.69, 9.17) is 4.74 Å². The topological polar surface area (TPSA) is 84.2 Å². The summed E-state index contributed by atoms with van der Waals surface area (Å²) in [5.41, 5.74) is 11.1. The number of hydrogen-bond acceptors (Lipinski definition) is 4. The number of ether oxygens (including phenoxy) is 1. The SMILES string of the molecule is C/C=C1/CN2CC[C@H]1/C(=C/[C@H]1C[C@H]3/C(=C\C)C[N+](C)([O-])[C@@H](Cc4c1[nH]c1ccccc41)[C@H]3C(=O)OC)c1[nH]c3ccccc3c1C2. The molecule has 4 aromatic rings. The van der Waals surface area contributed by atoms with Crippen LogP contribution in [0.25, 0.3) is 27.4 Å². The van der Waals surface area contributed by atoms with Crippen molar-refractivity contribution in [3.63, 3.8) is 0 Å². The zero-order valence-corrected chi connectivity index (χ0v) is 27.3. The molecule has 4 bridgehead atoms. The molecule has 2 aromatic heterocycles. The zero-order chi connectivity index (χ0) is 31.7. The summed E-state index contributed by atoms with van der Waals surface area (Å²) in [5, 5.41) is 16.7. The van der Waals surface area contributed by atoms with Crippen LogP contribution in [0.5, 0.6) is 0 Å². The third kappa shape index (κ3) is 4.55. The van der Waals surface area contributed by atoms with E-state index in [0.29, 0.717) is 18.9 Å². The number of allylic oxidation sites excluding steroid dienone is 4. The van der Waals surface area contributed by atoms with Gasteiger partial charge in [0.05, 0.1) is 14.2 Å². The standard InChI is InChI=1S/C39H44N4O3/c1-5-23-20-42-16-15-26(23)30(38-32(21-42)28-12-8-10-14-34(28)41-38)18-25-17-29-24(6-2)22-43(3,45)35(36(29)39(44)46-4)19-31-27-11-7-9-13-33(27)40-37(25)31/h5-14,18,25-26,29,35-36,40-41H,15-17,19-22H2,1-4H3/b23-5-,24-6-,30-18-/t25-,26-,29+,35+,36+,43?/m1/s1. The van der Waals surface area contributed by atoms with Crippen molar-refractivity contribution in [2.24, 2.45) is 17.8 Å². The van der Waals surface area contributed by atoms with Gasteiger partial charge in [-0.2, -0.15) is 0 Å². The number of carbonyl (C=O) groups is 1. The largest absolute Gasteiger partial charge is 0.633 e. The summed E-state index contributed by atoms with van der Waals surface area (Å²) < 4.78 is 5.00. The number of quaternary nitrogens is 1. The Morgan fingerprint density at radius 1 is 0.978 bits per heavy atom. The van der Waals surface area contributed by atoms with E-state index >= 15 is 0 Å². The van der Waals surface area contributed by atoms with Crippen LogP contribution >= 0.6 is 0 Å². The van der Waals surface area contributed by atoms with Crippen LogP contribution in [0.4, 0.5) is 0 Å². The molecule has 9 rings (SSSR count). The minimum absolute atomic E-state index is 0.0174. The molecule has 7 heteroatoms. The summed E-state index contributed by atoms with van der Waals surface area (Å²) in [6, 6.07) is 16.7. The van der Waals surface area contributed by atoms with Gasteiger partial charge in [-0.1, -0.05) is 60.2 Å². The lowest BCUT2D eigenvalue weighted by Gasteiger charge is -2.55. The van der Waals surface area contributed by atoms with E-state index in [9.17, 15) is 10.0 Å². The van der Waals surface area contributed by atoms with Crippen LogP contribution in [0, 0.1) is 23.0 Å². The van der Waals surface area contributed by atoms with Crippen molar-refractivity contribution in [2.45, 2.75) is 51.6 Å². The number of rotatable bonds is 2. The number of para-hydroxylation sites is 2. The number of carbonyl (C=O) groups excluding carboxylic acids is 1. The molecule has 0 amide bonds. The number of hydrogen-bond donors (Lipinski definition) is 2. The summed E-state index contributed by atoms with van der Waals surface area (Å²) in [5.74, 6) is -0.529. The molecule has 2 aromatic carbocycles. The number of methoxy groups -OCH3 is 1. The van der Waals surface area contributed by atoms with Gasteiger partial charge in [0.1, 0.15) is 18.5 Å². The smallest absolute Gasteiger partial charge is 0.315 e. The summed E-state index contributed by atoms with van der Waals surface area (Å²) in [4.78, 5) is 24.0. The fraction of sp³-hybridized carbons (Fsp3) is 0.410. The first kappa shape index (κ1) is 29.5. The highest BCUT2D eigenvalue weighted by Crippen LogP contribution is 2.50. The van der Waals surface area contributed by atoms with E-state index in [1.807, 2.05) is 6.92 Å². The maximum absolute atomic E-state index is 14.3. The normalized spacial score (nSPS) is 33.5. The van der Waals surface area contributed by atoms with E-state index < -0.39 is 16.6 Å². The van der Waals surface area contributed by atoms with Gasteiger partial charge >= 0.3 is 5.97 Å². The molecule has 5 aliphatic rings. The van der Waals surface area contributed by atoms with Crippen LogP contribution in [0.15, 0.2) is 77.9 Å². The van der Waals surface area contributed by atoms with Gasteiger partial charge in [-0.25, -0.2) is 0 Å². The minimum Gasteiger partial charge on any atom is -0.633 e. The maximum Gasteiger partial charge on any atom is 0.315 e. The molecule has 0 saturated carbocycles. The molecule has 7 atom stereocenters. The quantitative estimate of drug-likeness (QED) is 0.108. The monoisotopic (exact) mass is 616 g/mol. The molecule has 0 radical (unpaired) electrons. The Kier molecular flexibility index (Phi) is 7.12. The van der Waals surface area contributed by atoms with Crippen LogP contribution in [-0.4, -0.2) is 65.3 Å². The molecule has 4 aliphatic heterocycles. The van der Waals surface area contributed by atoms with Gasteiger partial charge in [-0.05, 0) is 67.6 Å². The van der Waals surface area contributed by atoms with Crippen LogP contribution in [-0.2, 0) is 22.5 Å². The Hall–Kier alpha value is -3.91. The number of benzene rings is 2. The fourth-order valence-electron chi connectivity index (χ4n) is 9.48. The molecule has 2 N–H and O–H groups in total. The van der Waals surface area contributed by atoms with Crippen LogP contribution in [0.3, 0.4) is 0 Å². The third-order valence-electron chi connectivity index (χ3n) is 11.7. The summed E-state index contributed by atoms with van der Waals surface area (Å²) >= 11 is 0. The fourth-order valence-corrected chi connectivity index (χ4v) is 9.48. The number of likely N-dealkylation sites (tertiary alicyclic amines) is 1. The minimum atomic E-state index is -0.509. The molecule has 2 fully saturated rings. The molecule has 1 aliphatic carbocycles. The lowest BCUT2D eigenvalue weighted by Crippen LogP contribution is -2.61. The first-order chi connectivity index (χ1) is 22.3. The number of hydroxylamine groups is 3. The zero-order valence-electron chi connectivity index (χ0n) is 27.3. The molecule has 2 saturated heterocycles. The molecule has 6 heterocycles. The Morgan fingerprint density at radius 2 is 1.67 bits per heavy atom. The van der Waals surface area contributed by atoms with E-state index in [1.165, 1.54) is 51.7 Å². The average molecular weight is 617 g/mol. The molecule has 2 unspecified atom stereocenters. The van der Waals surface area contributed by atoms with Gasteiger partial charge in [0.25, 0.3) is 0 Å². The second kappa shape index (κ2) is 11.1.